The molecule has 19 heavy (non-hydrogen) atoms. The molecule has 2 unspecified atom stereocenters. The third-order valence-electron chi connectivity index (χ3n) is 3.53. The molecular weight excluding hydrogens is 244 g/mol. The molecule has 5 nitrogen and oxygen atoms in total. The van der Waals surface area contributed by atoms with Crippen LogP contribution in [0, 0.1) is 6.92 Å². The highest BCUT2D eigenvalue weighted by Crippen LogP contribution is 2.26. The van der Waals surface area contributed by atoms with E-state index in [9.17, 15) is 4.79 Å². The van der Waals surface area contributed by atoms with Gasteiger partial charge in [-0.1, -0.05) is 19.0 Å². The number of hydrogen-bond donors (Lipinski definition) is 0. The maximum absolute atomic E-state index is 12.8. The first-order valence-corrected chi connectivity index (χ1v) is 6.80. The van der Waals surface area contributed by atoms with Crippen molar-refractivity contribution in [1.29, 1.82) is 0 Å². The van der Waals surface area contributed by atoms with Gasteiger partial charge in [0.15, 0.2) is 5.76 Å². The van der Waals surface area contributed by atoms with Crippen LogP contribution in [0.2, 0.25) is 0 Å². The van der Waals surface area contributed by atoms with Crippen LogP contribution in [-0.2, 0) is 4.74 Å². The van der Waals surface area contributed by atoms with E-state index >= 15 is 0 Å². The zero-order valence-electron chi connectivity index (χ0n) is 12.3. The maximum Gasteiger partial charge on any atom is 0.260 e. The number of rotatable bonds is 2. The van der Waals surface area contributed by atoms with Gasteiger partial charge in [0.25, 0.3) is 5.91 Å². The smallest absolute Gasteiger partial charge is 0.260 e. The molecule has 0 spiro atoms. The van der Waals surface area contributed by atoms with Gasteiger partial charge in [0.2, 0.25) is 0 Å². The first kappa shape index (κ1) is 14.1. The van der Waals surface area contributed by atoms with Crippen molar-refractivity contribution in [3.8, 4) is 0 Å². The van der Waals surface area contributed by atoms with Crippen LogP contribution >= 0.6 is 0 Å². The van der Waals surface area contributed by atoms with Gasteiger partial charge in [0.05, 0.1) is 31.0 Å². The van der Waals surface area contributed by atoms with Crippen molar-refractivity contribution in [3.63, 3.8) is 0 Å². The Morgan fingerprint density at radius 2 is 1.89 bits per heavy atom. The lowest BCUT2D eigenvalue weighted by Crippen LogP contribution is -2.52. The summed E-state index contributed by atoms with van der Waals surface area (Å²) in [5.41, 5.74) is 1.29. The molecule has 2 heterocycles. The summed E-state index contributed by atoms with van der Waals surface area (Å²) in [7, 11) is 0. The predicted octanol–water partition coefficient (Wildman–Crippen LogP) is 2.36. The lowest BCUT2D eigenvalue weighted by atomic mass is 10.0. The second kappa shape index (κ2) is 5.33. The molecule has 1 fully saturated rings. The summed E-state index contributed by atoms with van der Waals surface area (Å²) in [5, 5.41) is 3.95. The van der Waals surface area contributed by atoms with Crippen LogP contribution < -0.4 is 0 Å². The summed E-state index contributed by atoms with van der Waals surface area (Å²) in [6, 6.07) is 0.149. The minimum absolute atomic E-state index is 0.00532. The molecule has 2 rings (SSSR count). The summed E-state index contributed by atoms with van der Waals surface area (Å²) in [5.74, 6) is 0.825. The fourth-order valence-corrected chi connectivity index (χ4v) is 2.58. The molecule has 5 heteroatoms. The maximum atomic E-state index is 12.8. The molecule has 1 amide bonds. The number of aromatic nitrogens is 1. The fourth-order valence-electron chi connectivity index (χ4n) is 2.58. The number of morpholine rings is 1. The number of amides is 1. The molecule has 2 atom stereocenters. The van der Waals surface area contributed by atoms with E-state index < -0.39 is 0 Å². The van der Waals surface area contributed by atoms with Crippen LogP contribution in [0.25, 0.3) is 0 Å². The minimum atomic E-state index is 0.00532. The summed E-state index contributed by atoms with van der Waals surface area (Å²) in [4.78, 5) is 14.7. The monoisotopic (exact) mass is 266 g/mol. The van der Waals surface area contributed by atoms with Crippen molar-refractivity contribution in [3.05, 3.63) is 17.0 Å². The highest BCUT2D eigenvalue weighted by atomic mass is 16.5. The Hall–Kier alpha value is -1.36. The van der Waals surface area contributed by atoms with Gasteiger partial charge in [-0.25, -0.2) is 0 Å². The molecule has 1 saturated heterocycles. The highest BCUT2D eigenvalue weighted by Gasteiger charge is 2.34. The van der Waals surface area contributed by atoms with Gasteiger partial charge in [0.1, 0.15) is 5.56 Å². The molecule has 0 aromatic carbocycles. The number of nitrogens with zero attached hydrogens (tertiary/aromatic N) is 2. The van der Waals surface area contributed by atoms with Crippen molar-refractivity contribution in [2.75, 3.05) is 13.2 Å². The zero-order chi connectivity index (χ0) is 14.2. The lowest BCUT2D eigenvalue weighted by Gasteiger charge is -2.38. The summed E-state index contributed by atoms with van der Waals surface area (Å²) in [6.45, 7) is 11.0. The van der Waals surface area contributed by atoms with Gasteiger partial charge in [-0.05, 0) is 20.8 Å². The zero-order valence-corrected chi connectivity index (χ0v) is 12.3. The van der Waals surface area contributed by atoms with Crippen molar-refractivity contribution in [2.24, 2.45) is 0 Å². The van der Waals surface area contributed by atoms with Crippen LogP contribution in [0.15, 0.2) is 4.52 Å². The first-order chi connectivity index (χ1) is 8.93. The normalized spacial score (nSPS) is 24.0. The SMILES string of the molecule is Cc1noc(C(C)C)c1C(=O)N1C(C)COCC1C. The third-order valence-corrected chi connectivity index (χ3v) is 3.53. The molecule has 1 aromatic heterocycles. The van der Waals surface area contributed by atoms with Crippen LogP contribution in [0.1, 0.15) is 55.4 Å². The first-order valence-electron chi connectivity index (χ1n) is 6.80. The molecule has 0 N–H and O–H groups in total. The lowest BCUT2D eigenvalue weighted by molar-refractivity contribution is -0.0251. The number of carbonyl (C=O) groups excluding carboxylic acids is 1. The quantitative estimate of drug-likeness (QED) is 0.824. The van der Waals surface area contributed by atoms with E-state index in [2.05, 4.69) is 5.16 Å². The van der Waals surface area contributed by atoms with E-state index in [1.54, 1.807) is 0 Å². The molecule has 1 aromatic rings. The number of aryl methyl sites for hydroxylation is 1. The van der Waals surface area contributed by atoms with Gasteiger partial charge < -0.3 is 14.2 Å². The molecule has 106 valence electrons. The van der Waals surface area contributed by atoms with Crippen LogP contribution in [0.3, 0.4) is 0 Å². The Kier molecular flexibility index (Phi) is 3.94. The third kappa shape index (κ3) is 2.52. The molecular formula is C14H22N2O3. The van der Waals surface area contributed by atoms with E-state index in [0.29, 0.717) is 30.2 Å². The molecule has 0 saturated carbocycles. The van der Waals surface area contributed by atoms with Crippen LogP contribution in [-0.4, -0.2) is 41.3 Å². The van der Waals surface area contributed by atoms with Gasteiger partial charge >= 0.3 is 0 Å². The molecule has 1 aliphatic rings. The van der Waals surface area contributed by atoms with Crippen molar-refractivity contribution >= 4 is 5.91 Å². The summed E-state index contributed by atoms with van der Waals surface area (Å²) < 4.78 is 10.8. The van der Waals surface area contributed by atoms with Crippen molar-refractivity contribution in [2.45, 2.75) is 52.6 Å². The topological polar surface area (TPSA) is 55.6 Å². The number of carbonyl (C=O) groups is 1. The van der Waals surface area contributed by atoms with Crippen LogP contribution in [0.5, 0.6) is 0 Å². The Labute approximate surface area is 113 Å². The van der Waals surface area contributed by atoms with Gasteiger partial charge in [-0.3, -0.25) is 4.79 Å². The largest absolute Gasteiger partial charge is 0.377 e. The second-order valence-electron chi connectivity index (χ2n) is 5.61. The minimum Gasteiger partial charge on any atom is -0.377 e. The Bertz CT molecular complexity index is 457. The van der Waals surface area contributed by atoms with Crippen molar-refractivity contribution < 1.29 is 14.1 Å². The molecule has 0 bridgehead atoms. The number of ether oxygens (including phenoxy) is 1. The standard InChI is InChI=1S/C14H22N2O3/c1-8(2)13-12(11(5)15-19-13)14(17)16-9(3)6-18-7-10(16)4/h8-10H,6-7H2,1-5H3. The van der Waals surface area contributed by atoms with E-state index in [4.69, 9.17) is 9.26 Å². The summed E-state index contributed by atoms with van der Waals surface area (Å²) >= 11 is 0. The predicted molar refractivity (Wildman–Crippen MR) is 71.2 cm³/mol. The molecule has 0 radical (unpaired) electrons. The van der Waals surface area contributed by atoms with E-state index in [-0.39, 0.29) is 23.9 Å². The molecule has 1 aliphatic heterocycles. The Morgan fingerprint density at radius 1 is 1.32 bits per heavy atom. The van der Waals surface area contributed by atoms with Gasteiger partial charge in [-0.15, -0.1) is 0 Å². The molecule has 0 aliphatic carbocycles. The average Bonchev–Trinajstić information content (AvgIpc) is 2.70. The van der Waals surface area contributed by atoms with Gasteiger partial charge in [-0.2, -0.15) is 0 Å². The second-order valence-corrected chi connectivity index (χ2v) is 5.61. The highest BCUT2D eigenvalue weighted by molar-refractivity contribution is 5.96. The van der Waals surface area contributed by atoms with E-state index in [1.807, 2.05) is 39.5 Å². The van der Waals surface area contributed by atoms with Crippen molar-refractivity contribution in [1.82, 2.24) is 10.1 Å². The average molecular weight is 266 g/mol. The van der Waals surface area contributed by atoms with E-state index in [1.165, 1.54) is 0 Å². The summed E-state index contributed by atoms with van der Waals surface area (Å²) in [6.07, 6.45) is 0. The Morgan fingerprint density at radius 3 is 2.42 bits per heavy atom. The number of hydrogen-bond acceptors (Lipinski definition) is 4. The Balaban J connectivity index is 2.35. The fraction of sp³-hybridized carbons (Fsp3) is 0.714. The van der Waals surface area contributed by atoms with Crippen LogP contribution in [0.4, 0.5) is 0 Å². The van der Waals surface area contributed by atoms with E-state index in [0.717, 1.165) is 0 Å². The van der Waals surface area contributed by atoms with Gasteiger partial charge in [0, 0.05) is 5.92 Å².